The zero-order valence-electron chi connectivity index (χ0n) is 41.3. The maximum atomic E-state index is 9.87. The second kappa shape index (κ2) is 25.2. The van der Waals surface area contributed by atoms with Gasteiger partial charge in [-0.3, -0.25) is 9.97 Å². The third kappa shape index (κ3) is 23.7. The monoisotopic (exact) mass is 1210 g/mol. The fourth-order valence-corrected chi connectivity index (χ4v) is 7.30. The van der Waals surface area contributed by atoms with Crippen LogP contribution in [-0.2, 0) is 19.5 Å². The molecule has 0 amide bonds. The average molecular weight is 1210 g/mol. The fourth-order valence-electron chi connectivity index (χ4n) is 7.30. The number of aryl methyl sites for hydroxylation is 1. The van der Waals surface area contributed by atoms with Gasteiger partial charge < -0.3 is 19.3 Å². The smallest absolute Gasteiger partial charge is 0.305 e. The van der Waals surface area contributed by atoms with Crippen LogP contribution in [0.5, 0.6) is 0 Å². The van der Waals surface area contributed by atoms with Gasteiger partial charge in [0, 0.05) is 72.2 Å². The molecule has 4 aromatic heterocycles. The average Bonchev–Trinajstić information content (AvgIpc) is 3.36. The summed E-state index contributed by atoms with van der Waals surface area (Å²) in [7, 11) is -21.3. The summed E-state index contributed by atoms with van der Waals surface area (Å²) in [5.74, 6) is 0.885. The molecule has 5 heterocycles. The van der Waals surface area contributed by atoms with Gasteiger partial charge in [0.15, 0.2) is 0 Å². The minimum atomic E-state index is -10.7. The zero-order valence-corrected chi connectivity index (χ0v) is 44.8. The van der Waals surface area contributed by atoms with Gasteiger partial charge in [0.1, 0.15) is 24.4 Å². The van der Waals surface area contributed by atoms with Crippen molar-refractivity contribution in [3.63, 3.8) is 0 Å². The quantitative estimate of drug-likeness (QED) is 0.0358. The molecular formula is C55H55F12N6OP2Rh-. The van der Waals surface area contributed by atoms with Crippen molar-refractivity contribution < 1.29 is 74.3 Å². The maximum absolute atomic E-state index is 10.7. The topological polar surface area (TPSA) is 71.0 Å². The van der Waals surface area contributed by atoms with Crippen LogP contribution >= 0.6 is 15.6 Å². The third-order valence-electron chi connectivity index (χ3n) is 10.5. The Balaban J connectivity index is 0.000000315. The number of benzene rings is 4. The van der Waals surface area contributed by atoms with Crippen LogP contribution in [0.3, 0.4) is 0 Å². The molecule has 0 bridgehead atoms. The molecule has 2 aliphatic rings. The van der Waals surface area contributed by atoms with Crippen molar-refractivity contribution in [3.8, 4) is 56.4 Å². The molecule has 0 fully saturated rings. The molecule has 0 saturated carbocycles. The van der Waals surface area contributed by atoms with E-state index in [4.69, 9.17) is 4.42 Å². The summed E-state index contributed by atoms with van der Waals surface area (Å²) >= 11 is 0. The number of aromatic nitrogens is 4. The first kappa shape index (κ1) is 64.7. The standard InChI is InChI=1S/C32H35N4O.2C11H8N.CH4.2F6P.Rh/c1-6-35(7-2)24-10-12-26-30(20-24)37-31-21-25(36(8-3)9-4)11-13-27(31)32(26)23-15-17-34-29(19-23)28-18-22(5)14-16-33-28;2*1-2-6-10(7-3-1)11-8-4-5-9-12-11;;2*1-7(2,3,4,5)6;/h10-21H,6-9H2,1-5H3;2*1-6,8-9H;1H4;;;/q+1;2*-1;;2*-1;+2. The number of nitrogens with zero attached hydrogens (tertiary/aromatic N) is 6. The Morgan fingerprint density at radius 1 is 0.519 bits per heavy atom. The summed E-state index contributed by atoms with van der Waals surface area (Å²) in [6, 6.07) is 55.1. The van der Waals surface area contributed by atoms with Gasteiger partial charge in [-0.25, -0.2) is 4.58 Å². The number of fused-ring (bicyclic) bond motifs is 2. The summed E-state index contributed by atoms with van der Waals surface area (Å²) in [5, 5.41) is 2.26. The Morgan fingerprint density at radius 2 is 1.00 bits per heavy atom. The molecule has 3 aromatic carbocycles. The molecule has 415 valence electrons. The summed E-state index contributed by atoms with van der Waals surface area (Å²) in [5.41, 5.74) is 12.3. The third-order valence-corrected chi connectivity index (χ3v) is 10.5. The number of rotatable bonds is 9. The van der Waals surface area contributed by atoms with E-state index in [1.165, 1.54) is 16.6 Å². The largest absolute Gasteiger partial charge is 2.00 e. The molecule has 9 rings (SSSR count). The van der Waals surface area contributed by atoms with Gasteiger partial charge in [-0.2, -0.15) is 0 Å². The van der Waals surface area contributed by atoms with Gasteiger partial charge >= 0.3 is 85.5 Å². The minimum Gasteiger partial charge on any atom is -0.305 e. The normalized spacial score (nSPS) is 12.6. The van der Waals surface area contributed by atoms with E-state index in [2.05, 4.69) is 131 Å². The van der Waals surface area contributed by atoms with Gasteiger partial charge in [-0.15, -0.1) is 71.8 Å². The molecule has 22 heteroatoms. The SMILES string of the molecule is C.CCN(CC)c1ccc2c(-c3ccnc(-c4cc(C)ccn4)c3)c3ccc(=[N+](CC)CC)cc-3oc2c1.F[P-](F)(F)(F)(F)F.F[P-](F)(F)(F)(F)F.[Rh+2].[c-]1ccccc1-c1ccccn1.[c-]1ccccc1-c1ccccn1. The van der Waals surface area contributed by atoms with Crippen LogP contribution in [0.1, 0.15) is 40.7 Å². The second-order valence-corrected chi connectivity index (χ2v) is 20.1. The number of hydrogen-bond donors (Lipinski definition) is 0. The molecule has 7 nitrogen and oxygen atoms in total. The summed E-state index contributed by atoms with van der Waals surface area (Å²) in [6.45, 7) is 14.6. The van der Waals surface area contributed by atoms with E-state index in [1.54, 1.807) is 12.4 Å². The molecule has 1 aliphatic heterocycles. The number of halogens is 12. The number of hydrogen-bond acceptors (Lipinski definition) is 6. The van der Waals surface area contributed by atoms with E-state index < -0.39 is 15.6 Å². The fraction of sp³-hybridized carbons (Fsp3) is 0.182. The summed E-state index contributed by atoms with van der Waals surface area (Å²) in [6.07, 6.45) is 7.30. The number of pyridine rings is 4. The molecular weight excluding hydrogens is 1150 g/mol. The van der Waals surface area contributed by atoms with Crippen molar-refractivity contribution in [2.24, 2.45) is 0 Å². The molecule has 1 radical (unpaired) electrons. The van der Waals surface area contributed by atoms with Crippen LogP contribution in [0.25, 0.3) is 67.3 Å². The van der Waals surface area contributed by atoms with Crippen LogP contribution in [0.2, 0.25) is 0 Å². The van der Waals surface area contributed by atoms with Crippen LogP contribution in [0.15, 0.2) is 175 Å². The molecule has 77 heavy (non-hydrogen) atoms. The Hall–Kier alpha value is -6.61. The molecule has 0 unspecified atom stereocenters. The number of anilines is 1. The van der Waals surface area contributed by atoms with Crippen LogP contribution < -0.4 is 14.8 Å². The molecule has 0 spiro atoms. The Bertz CT molecular complexity index is 3120. The zero-order chi connectivity index (χ0) is 55.2. The van der Waals surface area contributed by atoms with E-state index in [0.29, 0.717) is 0 Å². The molecule has 0 N–H and O–H groups in total. The van der Waals surface area contributed by atoms with Crippen molar-refractivity contribution in [1.82, 2.24) is 24.5 Å². The first-order valence-corrected chi connectivity index (χ1v) is 27.1. The summed E-state index contributed by atoms with van der Waals surface area (Å²) < 4.78 is 127. The van der Waals surface area contributed by atoms with E-state index in [1.807, 2.05) is 103 Å². The van der Waals surface area contributed by atoms with Gasteiger partial charge in [0.25, 0.3) is 0 Å². The van der Waals surface area contributed by atoms with E-state index in [9.17, 15) is 50.4 Å². The summed E-state index contributed by atoms with van der Waals surface area (Å²) in [4.78, 5) is 20.0. The van der Waals surface area contributed by atoms with Crippen molar-refractivity contribution in [1.29, 1.82) is 0 Å². The Morgan fingerprint density at radius 3 is 1.44 bits per heavy atom. The van der Waals surface area contributed by atoms with E-state index in [0.717, 1.165) is 93.5 Å². The second-order valence-electron chi connectivity index (χ2n) is 16.2. The van der Waals surface area contributed by atoms with Gasteiger partial charge in [-0.05, 0) is 112 Å². The van der Waals surface area contributed by atoms with Gasteiger partial charge in [0.05, 0.1) is 17.5 Å². The van der Waals surface area contributed by atoms with E-state index >= 15 is 0 Å². The Labute approximate surface area is 452 Å². The minimum absolute atomic E-state index is 0. The van der Waals surface area contributed by atoms with E-state index in [-0.39, 0.29) is 26.9 Å². The molecule has 1 aliphatic carbocycles. The van der Waals surface area contributed by atoms with Crippen LogP contribution in [0, 0.1) is 19.1 Å². The first-order valence-electron chi connectivity index (χ1n) is 23.0. The van der Waals surface area contributed by atoms with Gasteiger partial charge in [0.2, 0.25) is 5.36 Å². The van der Waals surface area contributed by atoms with Crippen LogP contribution in [0.4, 0.5) is 56.1 Å². The van der Waals surface area contributed by atoms with Crippen molar-refractivity contribution in [2.45, 2.75) is 42.0 Å². The van der Waals surface area contributed by atoms with Crippen molar-refractivity contribution in [2.75, 3.05) is 31.1 Å². The Kier molecular flexibility index (Phi) is 21.2. The predicted octanol–water partition coefficient (Wildman–Crippen LogP) is 19.1. The van der Waals surface area contributed by atoms with Crippen molar-refractivity contribution in [3.05, 3.63) is 193 Å². The van der Waals surface area contributed by atoms with Crippen molar-refractivity contribution >= 4 is 32.3 Å². The first-order chi connectivity index (χ1) is 34.9. The van der Waals surface area contributed by atoms with Crippen LogP contribution in [-0.4, -0.2) is 46.1 Å². The maximum Gasteiger partial charge on any atom is 2.00 e. The van der Waals surface area contributed by atoms with Gasteiger partial charge in [-0.1, -0.05) is 31.7 Å². The molecule has 0 atom stereocenters. The molecule has 0 saturated heterocycles. The molecule has 7 aromatic rings. The predicted molar refractivity (Wildman–Crippen MR) is 285 cm³/mol.